The van der Waals surface area contributed by atoms with E-state index in [0.717, 1.165) is 30.4 Å². The summed E-state index contributed by atoms with van der Waals surface area (Å²) < 4.78 is 0. The van der Waals surface area contributed by atoms with Crippen molar-refractivity contribution in [2.24, 2.45) is 11.7 Å². The molecule has 0 heterocycles. The van der Waals surface area contributed by atoms with Crippen LogP contribution in [0.1, 0.15) is 44.2 Å². The third-order valence-corrected chi connectivity index (χ3v) is 3.45. The van der Waals surface area contributed by atoms with Gasteiger partial charge >= 0.3 is 0 Å². The van der Waals surface area contributed by atoms with E-state index in [1.54, 1.807) is 6.07 Å². The Morgan fingerprint density at radius 3 is 2.55 bits per heavy atom. The predicted octanol–water partition coefficient (Wildman–Crippen LogP) is 3.10. The Bertz CT molecular complexity index is 470. The molecule has 112 valence electrons. The number of hydrogen-bond acceptors (Lipinski definition) is 3. The van der Waals surface area contributed by atoms with Crippen molar-refractivity contribution >= 4 is 11.6 Å². The van der Waals surface area contributed by atoms with Crippen molar-refractivity contribution in [2.75, 3.05) is 5.32 Å². The van der Waals surface area contributed by atoms with Gasteiger partial charge in [0.05, 0.1) is 5.69 Å². The summed E-state index contributed by atoms with van der Waals surface area (Å²) in [5.74, 6) is -0.00401. The molecule has 2 atom stereocenters. The van der Waals surface area contributed by atoms with Crippen molar-refractivity contribution in [3.05, 3.63) is 23.3 Å². The first-order chi connectivity index (χ1) is 9.31. The lowest BCUT2D eigenvalue weighted by molar-refractivity contribution is -0.119. The maximum atomic E-state index is 12.1. The van der Waals surface area contributed by atoms with Crippen molar-refractivity contribution in [3.8, 4) is 5.75 Å². The summed E-state index contributed by atoms with van der Waals surface area (Å²) >= 11 is 0. The zero-order valence-corrected chi connectivity index (χ0v) is 12.9. The molecule has 0 saturated heterocycles. The van der Waals surface area contributed by atoms with E-state index in [2.05, 4.69) is 5.32 Å². The van der Waals surface area contributed by atoms with Crippen molar-refractivity contribution in [1.82, 2.24) is 0 Å². The molecule has 1 aromatic rings. The molecule has 0 bridgehead atoms. The van der Waals surface area contributed by atoms with E-state index in [9.17, 15) is 9.90 Å². The number of phenols is 1. The summed E-state index contributed by atoms with van der Waals surface area (Å²) in [5, 5.41) is 12.8. The van der Waals surface area contributed by atoms with Crippen molar-refractivity contribution in [2.45, 2.75) is 53.0 Å². The predicted molar refractivity (Wildman–Crippen MR) is 82.9 cm³/mol. The highest BCUT2D eigenvalue weighted by Gasteiger charge is 2.15. The van der Waals surface area contributed by atoms with Crippen LogP contribution in [0.3, 0.4) is 0 Å². The van der Waals surface area contributed by atoms with Gasteiger partial charge in [-0.05, 0) is 50.8 Å². The summed E-state index contributed by atoms with van der Waals surface area (Å²) in [5.41, 5.74) is 7.97. The molecule has 1 amide bonds. The molecule has 1 rings (SSSR count). The van der Waals surface area contributed by atoms with Gasteiger partial charge in [0, 0.05) is 12.0 Å². The van der Waals surface area contributed by atoms with Crippen LogP contribution in [0.2, 0.25) is 0 Å². The first kappa shape index (κ1) is 16.5. The Labute approximate surface area is 121 Å². The second kappa shape index (κ2) is 7.29. The number of benzene rings is 1. The topological polar surface area (TPSA) is 75.3 Å². The SMILES string of the molecule is Cc1cc(C)c(O)c(NC(=O)C(C)CCCC(C)N)c1. The van der Waals surface area contributed by atoms with Gasteiger partial charge in [-0.3, -0.25) is 4.79 Å². The number of phenolic OH excluding ortho intramolecular Hbond substituents is 1. The fourth-order valence-corrected chi connectivity index (χ4v) is 2.19. The van der Waals surface area contributed by atoms with Gasteiger partial charge in [-0.15, -0.1) is 0 Å². The zero-order chi connectivity index (χ0) is 15.3. The largest absolute Gasteiger partial charge is 0.505 e. The molecular weight excluding hydrogens is 252 g/mol. The van der Waals surface area contributed by atoms with Crippen molar-refractivity contribution in [3.63, 3.8) is 0 Å². The molecule has 1 aromatic carbocycles. The van der Waals surface area contributed by atoms with Crippen LogP contribution in [0, 0.1) is 19.8 Å². The normalized spacial score (nSPS) is 13.8. The Morgan fingerprint density at radius 1 is 1.30 bits per heavy atom. The van der Waals surface area contributed by atoms with E-state index in [1.165, 1.54) is 0 Å². The number of aromatic hydroxyl groups is 1. The highest BCUT2D eigenvalue weighted by Crippen LogP contribution is 2.29. The van der Waals surface area contributed by atoms with Crippen LogP contribution in [-0.4, -0.2) is 17.1 Å². The van der Waals surface area contributed by atoms with E-state index >= 15 is 0 Å². The number of anilines is 1. The monoisotopic (exact) mass is 278 g/mol. The third kappa shape index (κ3) is 4.85. The average Bonchev–Trinajstić information content (AvgIpc) is 2.34. The number of amides is 1. The van der Waals surface area contributed by atoms with Gasteiger partial charge in [0.15, 0.2) is 0 Å². The molecule has 0 aliphatic heterocycles. The van der Waals surface area contributed by atoms with Crippen molar-refractivity contribution in [1.29, 1.82) is 0 Å². The van der Waals surface area contributed by atoms with Gasteiger partial charge in [0.2, 0.25) is 5.91 Å². The lowest BCUT2D eigenvalue weighted by Crippen LogP contribution is -2.21. The van der Waals surface area contributed by atoms with Crippen LogP contribution in [0.25, 0.3) is 0 Å². The second-order valence-corrected chi connectivity index (χ2v) is 5.78. The zero-order valence-electron chi connectivity index (χ0n) is 12.9. The number of aryl methyl sites for hydroxylation is 2. The molecule has 0 spiro atoms. The molecule has 2 unspecified atom stereocenters. The van der Waals surface area contributed by atoms with E-state index in [0.29, 0.717) is 5.69 Å². The van der Waals surface area contributed by atoms with Crippen LogP contribution >= 0.6 is 0 Å². The Kier molecular flexibility index (Phi) is 6.02. The van der Waals surface area contributed by atoms with Crippen LogP contribution in [0.15, 0.2) is 12.1 Å². The fourth-order valence-electron chi connectivity index (χ4n) is 2.19. The first-order valence-electron chi connectivity index (χ1n) is 7.18. The van der Waals surface area contributed by atoms with Gasteiger partial charge < -0.3 is 16.2 Å². The lowest BCUT2D eigenvalue weighted by atomic mass is 10.0. The van der Waals surface area contributed by atoms with Crippen LogP contribution < -0.4 is 11.1 Å². The summed E-state index contributed by atoms with van der Waals surface area (Å²) in [7, 11) is 0. The standard InChI is InChI=1S/C16H26N2O2/c1-10-8-12(3)15(19)14(9-10)18-16(20)11(2)6-5-7-13(4)17/h8-9,11,13,19H,5-7,17H2,1-4H3,(H,18,20). The minimum absolute atomic E-state index is 0.0602. The molecular formula is C16H26N2O2. The number of nitrogens with two attached hydrogens (primary N) is 1. The van der Waals surface area contributed by atoms with E-state index < -0.39 is 0 Å². The molecule has 4 heteroatoms. The average molecular weight is 278 g/mol. The number of carbonyl (C=O) groups excluding carboxylic acids is 1. The summed E-state index contributed by atoms with van der Waals surface area (Å²) in [6.45, 7) is 7.63. The number of nitrogens with one attached hydrogen (secondary N) is 1. The van der Waals surface area contributed by atoms with Gasteiger partial charge in [-0.2, -0.15) is 0 Å². The van der Waals surface area contributed by atoms with Gasteiger partial charge in [0.1, 0.15) is 5.75 Å². The van der Waals surface area contributed by atoms with Gasteiger partial charge in [-0.25, -0.2) is 0 Å². The quantitative estimate of drug-likeness (QED) is 0.700. The molecule has 20 heavy (non-hydrogen) atoms. The van der Waals surface area contributed by atoms with E-state index in [-0.39, 0.29) is 23.6 Å². The highest BCUT2D eigenvalue weighted by molar-refractivity contribution is 5.94. The molecule has 4 nitrogen and oxygen atoms in total. The molecule has 0 aliphatic rings. The van der Waals surface area contributed by atoms with Crippen LogP contribution in [-0.2, 0) is 4.79 Å². The van der Waals surface area contributed by atoms with E-state index in [1.807, 2.05) is 33.8 Å². The summed E-state index contributed by atoms with van der Waals surface area (Å²) in [6, 6.07) is 3.85. The third-order valence-electron chi connectivity index (χ3n) is 3.45. The molecule has 0 aliphatic carbocycles. The van der Waals surface area contributed by atoms with E-state index in [4.69, 9.17) is 5.73 Å². The Balaban J connectivity index is 2.62. The number of hydrogen-bond donors (Lipinski definition) is 3. The minimum Gasteiger partial charge on any atom is -0.505 e. The summed E-state index contributed by atoms with van der Waals surface area (Å²) in [6.07, 6.45) is 2.66. The van der Waals surface area contributed by atoms with Crippen LogP contribution in [0.4, 0.5) is 5.69 Å². The maximum absolute atomic E-state index is 12.1. The highest BCUT2D eigenvalue weighted by atomic mass is 16.3. The summed E-state index contributed by atoms with van der Waals surface area (Å²) in [4.78, 5) is 12.1. The smallest absolute Gasteiger partial charge is 0.227 e. The second-order valence-electron chi connectivity index (χ2n) is 5.78. The van der Waals surface area contributed by atoms with Crippen molar-refractivity contribution < 1.29 is 9.90 Å². The minimum atomic E-state index is -0.0889. The number of carbonyl (C=O) groups is 1. The molecule has 0 saturated carbocycles. The molecule has 0 aromatic heterocycles. The molecule has 0 radical (unpaired) electrons. The molecule has 0 fully saturated rings. The van der Waals surface area contributed by atoms with Crippen LogP contribution in [0.5, 0.6) is 5.75 Å². The molecule has 4 N–H and O–H groups in total. The van der Waals surface area contributed by atoms with Gasteiger partial charge in [-0.1, -0.05) is 19.4 Å². The lowest BCUT2D eigenvalue weighted by Gasteiger charge is -2.15. The Morgan fingerprint density at radius 2 is 1.95 bits per heavy atom. The first-order valence-corrected chi connectivity index (χ1v) is 7.18. The maximum Gasteiger partial charge on any atom is 0.227 e. The Hall–Kier alpha value is -1.55. The van der Waals surface area contributed by atoms with Gasteiger partial charge in [0.25, 0.3) is 0 Å². The fraction of sp³-hybridized carbons (Fsp3) is 0.562. The number of rotatable bonds is 6.